The largest absolute Gasteiger partial charge is 0.322 e. The number of halogens is 2. The van der Waals surface area contributed by atoms with E-state index in [1.54, 1.807) is 18.2 Å². The Morgan fingerprint density at radius 1 is 1.12 bits per heavy atom. The summed E-state index contributed by atoms with van der Waals surface area (Å²) in [7, 11) is 0. The molecule has 3 aromatic rings. The fourth-order valence-electron chi connectivity index (χ4n) is 3.10. The second-order valence-electron chi connectivity index (χ2n) is 6.36. The summed E-state index contributed by atoms with van der Waals surface area (Å²) in [6.07, 6.45) is 2.71. The van der Waals surface area contributed by atoms with E-state index in [2.05, 4.69) is 60.4 Å². The molecule has 4 rings (SSSR count). The van der Waals surface area contributed by atoms with E-state index < -0.39 is 0 Å². The predicted octanol–water partition coefficient (Wildman–Crippen LogP) is 4.68. The summed E-state index contributed by atoms with van der Waals surface area (Å²) >= 11 is 3.47. The number of aromatic nitrogens is 2. The Balaban J connectivity index is 1.45. The van der Waals surface area contributed by atoms with Gasteiger partial charge in [-0.25, -0.2) is 14.4 Å². The van der Waals surface area contributed by atoms with Gasteiger partial charge in [0.25, 0.3) is 0 Å². The van der Waals surface area contributed by atoms with Crippen LogP contribution < -0.4 is 5.32 Å². The van der Waals surface area contributed by atoms with Gasteiger partial charge in [0.1, 0.15) is 5.82 Å². The molecule has 4 nitrogen and oxygen atoms in total. The zero-order valence-electron chi connectivity index (χ0n) is 14.1. The van der Waals surface area contributed by atoms with Gasteiger partial charge in [0.05, 0.1) is 11.4 Å². The Kier molecular flexibility index (Phi) is 4.95. The summed E-state index contributed by atoms with van der Waals surface area (Å²) in [5.41, 5.74) is 3.84. The van der Waals surface area contributed by atoms with Crippen molar-refractivity contribution in [2.75, 3.05) is 11.9 Å². The molecule has 0 bridgehead atoms. The highest BCUT2D eigenvalue weighted by Gasteiger charge is 2.19. The fraction of sp³-hybridized carbons (Fsp3) is 0.200. The van der Waals surface area contributed by atoms with Crippen LogP contribution in [0.3, 0.4) is 0 Å². The standard InChI is InChI=1S/C20H18BrFN4/c21-16-7-5-14(6-8-16)12-26-10-9-18-15(13-26)11-23-20(24-18)25-19-4-2-1-3-17(19)22/h1-8,11H,9-10,12-13H2,(H,23,24,25). The molecule has 0 fully saturated rings. The topological polar surface area (TPSA) is 41.1 Å². The first-order chi connectivity index (χ1) is 12.7. The van der Waals surface area contributed by atoms with Crippen LogP contribution in [-0.2, 0) is 19.5 Å². The van der Waals surface area contributed by atoms with Gasteiger partial charge < -0.3 is 5.32 Å². The van der Waals surface area contributed by atoms with E-state index in [0.717, 1.165) is 41.8 Å². The minimum Gasteiger partial charge on any atom is -0.322 e. The normalized spacial score (nSPS) is 14.1. The molecule has 0 spiro atoms. The molecule has 1 aliphatic rings. The van der Waals surface area contributed by atoms with Crippen molar-refractivity contribution in [3.63, 3.8) is 0 Å². The Hall–Kier alpha value is -2.31. The monoisotopic (exact) mass is 412 g/mol. The number of hydrogen-bond donors (Lipinski definition) is 1. The van der Waals surface area contributed by atoms with Gasteiger partial charge in [0.2, 0.25) is 5.95 Å². The number of fused-ring (bicyclic) bond motifs is 1. The first-order valence-corrected chi connectivity index (χ1v) is 9.30. The second-order valence-corrected chi connectivity index (χ2v) is 7.27. The van der Waals surface area contributed by atoms with E-state index in [-0.39, 0.29) is 5.82 Å². The van der Waals surface area contributed by atoms with E-state index >= 15 is 0 Å². The molecule has 2 heterocycles. The summed E-state index contributed by atoms with van der Waals surface area (Å²) in [4.78, 5) is 11.3. The van der Waals surface area contributed by atoms with Crippen molar-refractivity contribution >= 4 is 27.6 Å². The third-order valence-electron chi connectivity index (χ3n) is 4.45. The lowest BCUT2D eigenvalue weighted by Crippen LogP contribution is -2.31. The van der Waals surface area contributed by atoms with Crippen LogP contribution in [0, 0.1) is 5.82 Å². The highest BCUT2D eigenvalue weighted by molar-refractivity contribution is 9.10. The average Bonchev–Trinajstić information content (AvgIpc) is 2.66. The van der Waals surface area contributed by atoms with Gasteiger partial charge >= 0.3 is 0 Å². The molecule has 0 aliphatic carbocycles. The molecule has 2 aromatic carbocycles. The molecule has 6 heteroatoms. The Labute approximate surface area is 160 Å². The zero-order valence-corrected chi connectivity index (χ0v) is 15.7. The quantitative estimate of drug-likeness (QED) is 0.675. The van der Waals surface area contributed by atoms with Crippen molar-refractivity contribution in [1.29, 1.82) is 0 Å². The molecule has 0 unspecified atom stereocenters. The minimum atomic E-state index is -0.311. The van der Waals surface area contributed by atoms with Gasteiger partial charge in [0.15, 0.2) is 0 Å². The number of anilines is 2. The summed E-state index contributed by atoms with van der Waals surface area (Å²) in [6, 6.07) is 14.9. The third kappa shape index (κ3) is 3.92. The Morgan fingerprint density at radius 3 is 2.73 bits per heavy atom. The van der Waals surface area contributed by atoms with Crippen LogP contribution in [0.1, 0.15) is 16.8 Å². The summed E-state index contributed by atoms with van der Waals surface area (Å²) in [5, 5.41) is 2.96. The van der Waals surface area contributed by atoms with Crippen molar-refractivity contribution in [3.05, 3.63) is 81.8 Å². The lowest BCUT2D eigenvalue weighted by molar-refractivity contribution is 0.243. The average molecular weight is 413 g/mol. The predicted molar refractivity (Wildman–Crippen MR) is 104 cm³/mol. The van der Waals surface area contributed by atoms with E-state index in [4.69, 9.17) is 0 Å². The second kappa shape index (κ2) is 7.51. The maximum absolute atomic E-state index is 13.8. The van der Waals surface area contributed by atoms with Gasteiger partial charge in [-0.15, -0.1) is 0 Å². The molecular weight excluding hydrogens is 395 g/mol. The number of benzene rings is 2. The highest BCUT2D eigenvalue weighted by atomic mass is 79.9. The van der Waals surface area contributed by atoms with E-state index in [1.807, 2.05) is 6.20 Å². The Morgan fingerprint density at radius 2 is 1.92 bits per heavy atom. The van der Waals surface area contributed by atoms with Crippen molar-refractivity contribution in [1.82, 2.24) is 14.9 Å². The first-order valence-electron chi connectivity index (χ1n) is 8.50. The van der Waals surface area contributed by atoms with Crippen LogP contribution in [0.25, 0.3) is 0 Å². The molecule has 0 amide bonds. The van der Waals surface area contributed by atoms with Crippen molar-refractivity contribution in [2.45, 2.75) is 19.5 Å². The summed E-state index contributed by atoms with van der Waals surface area (Å²) in [5.74, 6) is 0.129. The van der Waals surface area contributed by atoms with Gasteiger partial charge in [-0.3, -0.25) is 4.90 Å². The molecule has 1 N–H and O–H groups in total. The molecule has 0 saturated carbocycles. The van der Waals surface area contributed by atoms with Gasteiger partial charge in [-0.2, -0.15) is 0 Å². The van der Waals surface area contributed by atoms with Crippen LogP contribution in [0.15, 0.2) is 59.2 Å². The highest BCUT2D eigenvalue weighted by Crippen LogP contribution is 2.22. The number of rotatable bonds is 4. The lowest BCUT2D eigenvalue weighted by Gasteiger charge is -2.28. The lowest BCUT2D eigenvalue weighted by atomic mass is 10.1. The molecule has 132 valence electrons. The minimum absolute atomic E-state index is 0.311. The summed E-state index contributed by atoms with van der Waals surface area (Å²) < 4.78 is 14.9. The smallest absolute Gasteiger partial charge is 0.227 e. The van der Waals surface area contributed by atoms with Crippen LogP contribution >= 0.6 is 15.9 Å². The Bertz CT molecular complexity index is 914. The number of hydrogen-bond acceptors (Lipinski definition) is 4. The molecule has 0 radical (unpaired) electrons. The molecular formula is C20H18BrFN4. The van der Waals surface area contributed by atoms with E-state index in [1.165, 1.54) is 11.6 Å². The van der Waals surface area contributed by atoms with Gasteiger partial charge in [-0.05, 0) is 29.8 Å². The molecule has 26 heavy (non-hydrogen) atoms. The number of para-hydroxylation sites is 1. The van der Waals surface area contributed by atoms with Crippen LogP contribution in [0.4, 0.5) is 16.0 Å². The van der Waals surface area contributed by atoms with Gasteiger partial charge in [0, 0.05) is 42.3 Å². The molecule has 0 atom stereocenters. The fourth-order valence-corrected chi connectivity index (χ4v) is 3.37. The van der Waals surface area contributed by atoms with E-state index in [0.29, 0.717) is 11.6 Å². The van der Waals surface area contributed by atoms with Crippen LogP contribution in [-0.4, -0.2) is 21.4 Å². The molecule has 0 saturated heterocycles. The van der Waals surface area contributed by atoms with Crippen molar-refractivity contribution in [2.24, 2.45) is 0 Å². The number of nitrogens with zero attached hydrogens (tertiary/aromatic N) is 3. The maximum atomic E-state index is 13.8. The van der Waals surface area contributed by atoms with Gasteiger partial charge in [-0.1, -0.05) is 40.2 Å². The molecule has 1 aromatic heterocycles. The van der Waals surface area contributed by atoms with Crippen molar-refractivity contribution < 1.29 is 4.39 Å². The van der Waals surface area contributed by atoms with Crippen LogP contribution in [0.2, 0.25) is 0 Å². The first kappa shape index (κ1) is 17.1. The number of nitrogens with one attached hydrogen (secondary N) is 1. The summed E-state index contributed by atoms with van der Waals surface area (Å²) in [6.45, 7) is 2.67. The SMILES string of the molecule is Fc1ccccc1Nc1ncc2c(n1)CCN(Cc1ccc(Br)cc1)C2. The van der Waals surface area contributed by atoms with Crippen LogP contribution in [0.5, 0.6) is 0 Å². The maximum Gasteiger partial charge on any atom is 0.227 e. The molecule has 1 aliphatic heterocycles. The third-order valence-corrected chi connectivity index (χ3v) is 4.98. The van der Waals surface area contributed by atoms with E-state index in [9.17, 15) is 4.39 Å². The zero-order chi connectivity index (χ0) is 17.9. The van der Waals surface area contributed by atoms with Crippen molar-refractivity contribution in [3.8, 4) is 0 Å².